The molecule has 29 heavy (non-hydrogen) atoms. The van der Waals surface area contributed by atoms with Crippen LogP contribution in [-0.4, -0.2) is 47.9 Å². The van der Waals surface area contributed by atoms with E-state index in [0.29, 0.717) is 42.5 Å². The van der Waals surface area contributed by atoms with E-state index in [4.69, 9.17) is 23.2 Å². The first-order chi connectivity index (χ1) is 13.7. The normalized spacial score (nSPS) is 14.7. The van der Waals surface area contributed by atoms with E-state index in [2.05, 4.69) is 15.2 Å². The van der Waals surface area contributed by atoms with E-state index in [-0.39, 0.29) is 22.4 Å². The predicted octanol–water partition coefficient (Wildman–Crippen LogP) is 4.34. The number of anilines is 2. The maximum Gasteiger partial charge on any atom is 0.258 e. The van der Waals surface area contributed by atoms with Crippen LogP contribution in [0.3, 0.4) is 0 Å². The third-order valence-corrected chi connectivity index (χ3v) is 5.36. The number of carbonyl (C=O) groups excluding carboxylic acids is 2. The van der Waals surface area contributed by atoms with Gasteiger partial charge in [0.25, 0.3) is 5.91 Å². The molecule has 0 spiro atoms. The number of halogens is 2. The van der Waals surface area contributed by atoms with Crippen molar-refractivity contribution in [3.05, 3.63) is 52.3 Å². The van der Waals surface area contributed by atoms with Crippen molar-refractivity contribution in [3.63, 3.8) is 0 Å². The van der Waals surface area contributed by atoms with Crippen molar-refractivity contribution < 1.29 is 9.59 Å². The number of carbonyl (C=O) groups is 2. The van der Waals surface area contributed by atoms with Gasteiger partial charge in [-0.3, -0.25) is 9.59 Å². The summed E-state index contributed by atoms with van der Waals surface area (Å²) >= 11 is 12.5. The third-order valence-electron chi connectivity index (χ3n) is 4.76. The number of piperazine rings is 1. The lowest BCUT2D eigenvalue weighted by Crippen LogP contribution is -2.51. The molecule has 1 aliphatic heterocycles. The van der Waals surface area contributed by atoms with Crippen LogP contribution in [0.4, 0.5) is 11.4 Å². The maximum atomic E-state index is 12.4. The second-order valence-electron chi connectivity index (χ2n) is 7.99. The van der Waals surface area contributed by atoms with Gasteiger partial charge < -0.3 is 15.1 Å². The summed E-state index contributed by atoms with van der Waals surface area (Å²) in [7, 11) is 0. The van der Waals surface area contributed by atoms with Crippen LogP contribution in [0.1, 0.15) is 31.1 Å². The number of amides is 2. The first-order valence-electron chi connectivity index (χ1n) is 9.42. The monoisotopic (exact) mass is 434 g/mol. The summed E-state index contributed by atoms with van der Waals surface area (Å²) < 4.78 is 0. The van der Waals surface area contributed by atoms with Crippen molar-refractivity contribution in [2.24, 2.45) is 5.41 Å². The van der Waals surface area contributed by atoms with Gasteiger partial charge in [-0.2, -0.15) is 0 Å². The molecular weight excluding hydrogens is 411 g/mol. The van der Waals surface area contributed by atoms with Gasteiger partial charge in [-0.1, -0.05) is 44.0 Å². The zero-order chi connectivity index (χ0) is 21.2. The van der Waals surface area contributed by atoms with Crippen molar-refractivity contribution in [2.45, 2.75) is 20.8 Å². The molecule has 1 N–H and O–H groups in total. The second-order valence-corrected chi connectivity index (χ2v) is 8.76. The average Bonchev–Trinajstić information content (AvgIpc) is 2.67. The van der Waals surface area contributed by atoms with E-state index < -0.39 is 0 Å². The fourth-order valence-electron chi connectivity index (χ4n) is 3.22. The molecule has 1 aromatic heterocycles. The van der Waals surface area contributed by atoms with Crippen molar-refractivity contribution >= 4 is 46.4 Å². The summed E-state index contributed by atoms with van der Waals surface area (Å²) in [6, 6.07) is 8.66. The third kappa shape index (κ3) is 5.00. The Hall–Kier alpha value is -2.31. The Labute approximate surface area is 180 Å². The number of nitrogens with zero attached hydrogens (tertiary/aromatic N) is 3. The molecule has 2 aromatic rings. The second kappa shape index (κ2) is 8.59. The topological polar surface area (TPSA) is 65.5 Å². The number of nitrogens with one attached hydrogen (secondary N) is 1. The van der Waals surface area contributed by atoms with E-state index in [1.165, 1.54) is 6.20 Å². The van der Waals surface area contributed by atoms with E-state index in [1.54, 1.807) is 24.3 Å². The van der Waals surface area contributed by atoms with Gasteiger partial charge in [-0.15, -0.1) is 0 Å². The molecule has 0 atom stereocenters. The molecular formula is C21H24Cl2N4O2. The lowest BCUT2D eigenvalue weighted by molar-refractivity contribution is -0.139. The minimum atomic E-state index is -0.378. The van der Waals surface area contributed by atoms with Crippen molar-refractivity contribution in [1.29, 1.82) is 0 Å². The Bertz CT molecular complexity index is 919. The SMILES string of the molecule is CC(C)(C)C(=O)N1CCN(c2ccc(NC(=O)c3cccnc3Cl)cc2Cl)CC1. The molecule has 6 nitrogen and oxygen atoms in total. The van der Waals surface area contributed by atoms with Crippen LogP contribution in [0.2, 0.25) is 10.2 Å². The lowest BCUT2D eigenvalue weighted by Gasteiger charge is -2.39. The summed E-state index contributed by atoms with van der Waals surface area (Å²) in [4.78, 5) is 32.8. The van der Waals surface area contributed by atoms with Gasteiger partial charge in [-0.25, -0.2) is 4.98 Å². The molecule has 1 aromatic carbocycles. The van der Waals surface area contributed by atoms with Gasteiger partial charge in [0, 0.05) is 43.5 Å². The fourth-order valence-corrected chi connectivity index (χ4v) is 3.72. The number of rotatable bonds is 3. The van der Waals surface area contributed by atoms with Crippen LogP contribution in [0, 0.1) is 5.41 Å². The zero-order valence-corrected chi connectivity index (χ0v) is 18.2. The molecule has 0 unspecified atom stereocenters. The Kier molecular flexibility index (Phi) is 6.34. The Morgan fingerprint density at radius 2 is 1.76 bits per heavy atom. The summed E-state index contributed by atoms with van der Waals surface area (Å²) in [5, 5.41) is 3.48. The molecule has 0 aliphatic carbocycles. The molecule has 8 heteroatoms. The van der Waals surface area contributed by atoms with Crippen LogP contribution >= 0.6 is 23.2 Å². The first kappa shape index (κ1) is 21.4. The highest BCUT2D eigenvalue weighted by atomic mass is 35.5. The highest BCUT2D eigenvalue weighted by Crippen LogP contribution is 2.30. The van der Waals surface area contributed by atoms with Gasteiger partial charge in [0.15, 0.2) is 0 Å². The standard InChI is InChI=1S/C21H24Cl2N4O2/c1-21(2,3)20(29)27-11-9-26(10-12-27)17-7-6-14(13-16(17)22)25-19(28)15-5-4-8-24-18(15)23/h4-8,13H,9-12H2,1-3H3,(H,25,28). The molecule has 2 heterocycles. The van der Waals surface area contributed by atoms with Crippen LogP contribution < -0.4 is 10.2 Å². The molecule has 1 aliphatic rings. The van der Waals surface area contributed by atoms with E-state index in [0.717, 1.165) is 5.69 Å². The fraction of sp³-hybridized carbons (Fsp3) is 0.381. The molecule has 154 valence electrons. The van der Waals surface area contributed by atoms with Gasteiger partial charge in [0.05, 0.1) is 16.3 Å². The summed E-state index contributed by atoms with van der Waals surface area (Å²) in [5.41, 5.74) is 1.38. The van der Waals surface area contributed by atoms with E-state index >= 15 is 0 Å². The summed E-state index contributed by atoms with van der Waals surface area (Å²) in [6.45, 7) is 8.53. The van der Waals surface area contributed by atoms with Crippen LogP contribution in [0.25, 0.3) is 0 Å². The summed E-state index contributed by atoms with van der Waals surface area (Å²) in [5.74, 6) is -0.184. The maximum absolute atomic E-state index is 12.4. The Balaban J connectivity index is 1.65. The number of aromatic nitrogens is 1. The molecule has 0 saturated carbocycles. The first-order valence-corrected chi connectivity index (χ1v) is 10.2. The quantitative estimate of drug-likeness (QED) is 0.729. The highest BCUT2D eigenvalue weighted by molar-refractivity contribution is 6.34. The number of pyridine rings is 1. The van der Waals surface area contributed by atoms with Crippen LogP contribution in [0.5, 0.6) is 0 Å². The molecule has 3 rings (SSSR count). The number of benzene rings is 1. The van der Waals surface area contributed by atoms with Gasteiger partial charge in [0.1, 0.15) is 5.15 Å². The smallest absolute Gasteiger partial charge is 0.258 e. The Morgan fingerprint density at radius 3 is 2.34 bits per heavy atom. The molecule has 0 radical (unpaired) electrons. The van der Waals surface area contributed by atoms with E-state index in [1.807, 2.05) is 31.7 Å². The molecule has 1 saturated heterocycles. The molecule has 0 bridgehead atoms. The number of hydrogen-bond donors (Lipinski definition) is 1. The van der Waals surface area contributed by atoms with Crippen molar-refractivity contribution in [2.75, 3.05) is 36.4 Å². The van der Waals surface area contributed by atoms with Crippen molar-refractivity contribution in [1.82, 2.24) is 9.88 Å². The zero-order valence-electron chi connectivity index (χ0n) is 16.7. The highest BCUT2D eigenvalue weighted by Gasteiger charge is 2.30. The van der Waals surface area contributed by atoms with Gasteiger partial charge >= 0.3 is 0 Å². The largest absolute Gasteiger partial charge is 0.367 e. The average molecular weight is 435 g/mol. The van der Waals surface area contributed by atoms with E-state index in [9.17, 15) is 9.59 Å². The minimum Gasteiger partial charge on any atom is -0.367 e. The molecule has 1 fully saturated rings. The van der Waals surface area contributed by atoms with Crippen molar-refractivity contribution in [3.8, 4) is 0 Å². The molecule has 2 amide bonds. The predicted molar refractivity (Wildman–Crippen MR) is 117 cm³/mol. The van der Waals surface area contributed by atoms with Gasteiger partial charge in [0.2, 0.25) is 5.91 Å². The van der Waals surface area contributed by atoms with Crippen LogP contribution in [0.15, 0.2) is 36.5 Å². The number of hydrogen-bond acceptors (Lipinski definition) is 4. The summed E-state index contributed by atoms with van der Waals surface area (Å²) in [6.07, 6.45) is 1.53. The Morgan fingerprint density at radius 1 is 1.07 bits per heavy atom. The lowest BCUT2D eigenvalue weighted by atomic mass is 9.94. The van der Waals surface area contributed by atoms with Crippen LogP contribution in [-0.2, 0) is 4.79 Å². The van der Waals surface area contributed by atoms with Gasteiger partial charge in [-0.05, 0) is 30.3 Å². The minimum absolute atomic E-state index is 0.149.